The van der Waals surface area contributed by atoms with Crippen LogP contribution in [0.15, 0.2) is 97.1 Å². The quantitative estimate of drug-likeness (QED) is 0.0984. The van der Waals surface area contributed by atoms with Crippen molar-refractivity contribution in [3.63, 3.8) is 0 Å². The van der Waals surface area contributed by atoms with E-state index in [1.165, 1.54) is 12.1 Å². The molecule has 4 aromatic rings. The molecule has 0 aliphatic heterocycles. The first kappa shape index (κ1) is 32.2. The third-order valence-corrected chi connectivity index (χ3v) is 8.45. The lowest BCUT2D eigenvalue weighted by molar-refractivity contribution is 0.0770. The van der Waals surface area contributed by atoms with Crippen molar-refractivity contribution < 1.29 is 50.1 Å². The highest BCUT2D eigenvalue weighted by molar-refractivity contribution is 7.39. The Morgan fingerprint density at radius 3 is 1.40 bits per heavy atom. The third-order valence-electron chi connectivity index (χ3n) is 7.00. The maximum Gasteiger partial charge on any atom is 0.589 e. The molecule has 2 N–H and O–H groups in total. The summed E-state index contributed by atoms with van der Waals surface area (Å²) in [6.07, 6.45) is -0.693. The van der Waals surface area contributed by atoms with E-state index in [1.807, 2.05) is 0 Å². The number of rotatable bonds is 11. The lowest BCUT2D eigenvalue weighted by Gasteiger charge is -2.34. The molecule has 5 nitrogen and oxygen atoms in total. The zero-order chi connectivity index (χ0) is 31.6. The van der Waals surface area contributed by atoms with E-state index in [-0.39, 0.29) is 29.5 Å². The van der Waals surface area contributed by atoms with Crippen molar-refractivity contribution in [2.75, 3.05) is 0 Å². The second kappa shape index (κ2) is 12.5. The van der Waals surface area contributed by atoms with Gasteiger partial charge >= 0.3 is 27.4 Å². The van der Waals surface area contributed by atoms with Gasteiger partial charge in [-0.1, -0.05) is 72.8 Å². The van der Waals surface area contributed by atoms with E-state index >= 15 is 0 Å². The van der Waals surface area contributed by atoms with Crippen LogP contribution in [0, 0.1) is 11.6 Å². The molecule has 0 spiro atoms. The van der Waals surface area contributed by atoms with Gasteiger partial charge in [0.25, 0.3) is 0 Å². The van der Waals surface area contributed by atoms with Crippen molar-refractivity contribution in [2.45, 2.75) is 29.6 Å². The summed E-state index contributed by atoms with van der Waals surface area (Å²) in [7, 11) is -8.20. The zero-order valence-corrected chi connectivity index (χ0v) is 23.7. The van der Waals surface area contributed by atoms with Gasteiger partial charge in [-0.15, -0.1) is 17.6 Å². The Balaban J connectivity index is 1.91. The summed E-state index contributed by atoms with van der Waals surface area (Å²) in [6, 6.07) is 20.7. The molecule has 0 aliphatic carbocycles. The maximum atomic E-state index is 14.9. The molecule has 0 amide bonds. The van der Waals surface area contributed by atoms with E-state index in [2.05, 4.69) is 0 Å². The van der Waals surface area contributed by atoms with Crippen molar-refractivity contribution in [1.29, 1.82) is 0 Å². The molecule has 13 heteroatoms. The zero-order valence-electron chi connectivity index (χ0n) is 21.9. The van der Waals surface area contributed by atoms with Gasteiger partial charge in [0, 0.05) is 5.56 Å². The highest BCUT2D eigenvalue weighted by Gasteiger charge is 2.56. The molecule has 2 unspecified atom stereocenters. The lowest BCUT2D eigenvalue weighted by Crippen LogP contribution is -2.41. The number of carbonyl (C=O) groups excluding carboxylic acids is 1. The van der Waals surface area contributed by atoms with Crippen LogP contribution in [0.1, 0.15) is 38.2 Å². The van der Waals surface area contributed by atoms with Crippen molar-refractivity contribution in [3.05, 3.63) is 142 Å². The van der Waals surface area contributed by atoms with Crippen LogP contribution in [0.25, 0.3) is 0 Å². The molecule has 0 radical (unpaired) electrons. The van der Waals surface area contributed by atoms with Crippen molar-refractivity contribution in [2.24, 2.45) is 0 Å². The first-order valence-electron chi connectivity index (χ1n) is 12.5. The first-order chi connectivity index (χ1) is 20.2. The van der Waals surface area contributed by atoms with Crippen molar-refractivity contribution >= 4 is 21.8 Å². The van der Waals surface area contributed by atoms with Crippen LogP contribution < -0.4 is 0 Å². The molecule has 4 aromatic carbocycles. The number of Topliss-reactive ketones (excluding diaryl/α,β-unsaturated/α-hetero) is 1. The average Bonchev–Trinajstić information content (AvgIpc) is 2.97. The number of halogens is 6. The van der Waals surface area contributed by atoms with Gasteiger partial charge in [-0.25, -0.2) is 8.78 Å². The number of hydrogen-bond acceptors (Lipinski definition) is 3. The van der Waals surface area contributed by atoms with Gasteiger partial charge in [-0.3, -0.25) is 4.79 Å². The fraction of sp³-hybridized carbons (Fsp3) is 0.167. The summed E-state index contributed by atoms with van der Waals surface area (Å²) < 4.78 is 109. The maximum absolute atomic E-state index is 14.9. The number of hydrogen-bond donors (Lipinski definition) is 2. The Hall–Kier alpha value is -3.75. The van der Waals surface area contributed by atoms with Crippen LogP contribution in [0.2, 0.25) is 0 Å². The van der Waals surface area contributed by atoms with Crippen LogP contribution in [0.3, 0.4) is 0 Å². The number of benzene rings is 4. The normalized spacial score (nSPS) is 14.1. The first-order valence-corrected chi connectivity index (χ1v) is 14.9. The smallest absolute Gasteiger partial charge is 0.293 e. The Bertz CT molecular complexity index is 1610. The SMILES string of the molecule is O=C(c1ccccc1)C(Cc1ccc(C(F)(F)[P+](=O)O)c(F)c1)(Cc1ccc(C(F)(F)[P+](=O)O)c(F)c1)c1ccccc1. The Morgan fingerprint density at radius 1 is 0.628 bits per heavy atom. The van der Waals surface area contributed by atoms with Crippen molar-refractivity contribution in [3.8, 4) is 0 Å². The predicted molar refractivity (Wildman–Crippen MR) is 147 cm³/mol. The van der Waals surface area contributed by atoms with Gasteiger partial charge in [-0.05, 0) is 62.9 Å². The molecule has 0 heterocycles. The van der Waals surface area contributed by atoms with Crippen LogP contribution in [-0.2, 0) is 38.7 Å². The molecule has 2 atom stereocenters. The standard InChI is InChI=1S/C30H20F6O5P2/c31-25-15-19(11-13-23(25)29(33,34)42(38)39)17-28(22-9-5-2-6-10-22,27(37)21-7-3-1-4-8-21)18-20-12-14-24(26(32)16-20)30(35,36)43(40)41/h1-16H,17-18H2/p+2. The summed E-state index contributed by atoms with van der Waals surface area (Å²) in [5.74, 6) is -3.53. The number of ketones is 1. The second-order valence-electron chi connectivity index (χ2n) is 9.75. The molecule has 0 bridgehead atoms. The van der Waals surface area contributed by atoms with Gasteiger partial charge in [0.1, 0.15) is 22.8 Å². The van der Waals surface area contributed by atoms with E-state index in [4.69, 9.17) is 9.79 Å². The summed E-state index contributed by atoms with van der Waals surface area (Å²) in [5, 5.41) is 0. The molecular weight excluding hydrogens is 616 g/mol. The molecule has 0 saturated heterocycles. The molecule has 4 rings (SSSR count). The monoisotopic (exact) mass is 638 g/mol. The van der Waals surface area contributed by atoms with E-state index < -0.39 is 61.3 Å². The molecular formula is C30H22F6O5P2+2. The van der Waals surface area contributed by atoms with Crippen molar-refractivity contribution in [1.82, 2.24) is 0 Å². The average molecular weight is 638 g/mol. The third kappa shape index (κ3) is 6.45. The van der Waals surface area contributed by atoms with E-state index in [0.29, 0.717) is 29.8 Å². The summed E-state index contributed by atoms with van der Waals surface area (Å²) in [6.45, 7) is 0. The summed E-state index contributed by atoms with van der Waals surface area (Å²) in [5.41, 5.74) is -12.5. The highest BCUT2D eigenvalue weighted by atomic mass is 31.1. The molecule has 0 saturated carbocycles. The van der Waals surface area contributed by atoms with Crippen LogP contribution in [0.4, 0.5) is 26.3 Å². The van der Waals surface area contributed by atoms with Crippen LogP contribution >= 0.6 is 16.1 Å². The topological polar surface area (TPSA) is 91.7 Å². The lowest BCUT2D eigenvalue weighted by atomic mass is 9.67. The minimum absolute atomic E-state index is 0.0271. The largest absolute Gasteiger partial charge is 0.589 e. The van der Waals surface area contributed by atoms with Gasteiger partial charge in [0.2, 0.25) is 0 Å². The van der Waals surface area contributed by atoms with Gasteiger partial charge in [0.05, 0.1) is 5.41 Å². The Morgan fingerprint density at radius 2 is 1.02 bits per heavy atom. The van der Waals surface area contributed by atoms with E-state index in [1.54, 1.807) is 48.5 Å². The summed E-state index contributed by atoms with van der Waals surface area (Å²) >= 11 is 0. The van der Waals surface area contributed by atoms with E-state index in [0.717, 1.165) is 12.1 Å². The van der Waals surface area contributed by atoms with Crippen LogP contribution in [0.5, 0.6) is 0 Å². The molecule has 222 valence electrons. The molecule has 0 aromatic heterocycles. The fourth-order valence-electron chi connectivity index (χ4n) is 4.91. The van der Waals surface area contributed by atoms with Gasteiger partial charge in [0.15, 0.2) is 5.78 Å². The van der Waals surface area contributed by atoms with Gasteiger partial charge < -0.3 is 0 Å². The highest BCUT2D eigenvalue weighted by Crippen LogP contribution is 2.49. The minimum atomic E-state index is -4.38. The summed E-state index contributed by atoms with van der Waals surface area (Å²) in [4.78, 5) is 32.3. The van der Waals surface area contributed by atoms with Crippen LogP contribution in [-0.4, -0.2) is 15.6 Å². The number of carbonyl (C=O) groups is 1. The minimum Gasteiger partial charge on any atom is -0.293 e. The second-order valence-corrected chi connectivity index (χ2v) is 12.0. The molecule has 0 fully saturated rings. The Kier molecular flexibility index (Phi) is 9.33. The van der Waals surface area contributed by atoms with Gasteiger partial charge in [-0.2, -0.15) is 9.79 Å². The molecule has 43 heavy (non-hydrogen) atoms. The van der Waals surface area contributed by atoms with E-state index in [9.17, 15) is 40.3 Å². The molecule has 0 aliphatic rings. The number of alkyl halides is 4. The predicted octanol–water partition coefficient (Wildman–Crippen LogP) is 8.14. The fourth-order valence-corrected chi connectivity index (χ4v) is 5.68. The Labute approximate surface area is 243 Å².